The average Bonchev–Trinajstić information content (AvgIpc) is 2.75. The van der Waals surface area contributed by atoms with Crippen molar-refractivity contribution < 1.29 is 19.1 Å². The lowest BCUT2D eigenvalue weighted by molar-refractivity contribution is -0.155. The van der Waals surface area contributed by atoms with Gasteiger partial charge in [-0.1, -0.05) is 90.9 Å². The highest BCUT2D eigenvalue weighted by atomic mass is 35.5. The second kappa shape index (κ2) is 19.3. The van der Waals surface area contributed by atoms with E-state index in [-0.39, 0.29) is 18.8 Å². The number of rotatable bonds is 20. The fourth-order valence-corrected chi connectivity index (χ4v) is 3.97. The molecule has 5 N–H and O–H groups in total. The Morgan fingerprint density at radius 1 is 0.875 bits per heavy atom. The maximum Gasteiger partial charge on any atom is 0.333 e. The van der Waals surface area contributed by atoms with Crippen LogP contribution < -0.4 is 16.8 Å². The van der Waals surface area contributed by atoms with E-state index in [1.54, 1.807) is 6.92 Å². The number of halogens is 1. The molecule has 0 aliphatic carbocycles. The normalized spacial score (nSPS) is 14.7. The molecule has 8 heteroatoms. The number of unbranched alkanes of at least 4 members (excludes halogenated alkanes) is 10. The highest BCUT2D eigenvalue weighted by molar-refractivity contribution is 6.11. The molecule has 0 aromatic rings. The van der Waals surface area contributed by atoms with Gasteiger partial charge in [0.2, 0.25) is 5.91 Å². The number of carbonyl (C=O) groups is 3. The minimum absolute atomic E-state index is 0. The van der Waals surface area contributed by atoms with Crippen LogP contribution in [0.25, 0.3) is 0 Å². The van der Waals surface area contributed by atoms with Gasteiger partial charge in [0, 0.05) is 0 Å². The molecule has 0 aromatic heterocycles. The van der Waals surface area contributed by atoms with Gasteiger partial charge in [0.05, 0.1) is 19.2 Å². The first-order valence-electron chi connectivity index (χ1n) is 12.2. The van der Waals surface area contributed by atoms with Crippen molar-refractivity contribution in [2.45, 2.75) is 128 Å². The van der Waals surface area contributed by atoms with E-state index in [1.807, 2.05) is 0 Å². The van der Waals surface area contributed by atoms with Crippen molar-refractivity contribution in [3.63, 3.8) is 0 Å². The molecular formula is C24H48ClN3O4. The first-order chi connectivity index (χ1) is 14.8. The summed E-state index contributed by atoms with van der Waals surface area (Å²) in [7, 11) is 1.25. The molecule has 3 atom stereocenters. The summed E-state index contributed by atoms with van der Waals surface area (Å²) >= 11 is 0. The number of hydrogen-bond acceptors (Lipinski definition) is 6. The predicted molar refractivity (Wildman–Crippen MR) is 133 cm³/mol. The Hall–Kier alpha value is -1.18. The van der Waals surface area contributed by atoms with E-state index in [1.165, 1.54) is 32.8 Å². The lowest BCUT2D eigenvalue weighted by Gasteiger charge is -2.35. The summed E-state index contributed by atoms with van der Waals surface area (Å²) in [6, 6.07) is -1.65. The SMILES string of the molecule is CCCCCCCCC(NC(CCCCCCCC)(C(=O)OC)C(=O)[C@H](C)N)C(N)=O.Cl. The third-order valence-corrected chi connectivity index (χ3v) is 5.88. The van der Waals surface area contributed by atoms with E-state index in [4.69, 9.17) is 16.2 Å². The van der Waals surface area contributed by atoms with E-state index in [0.717, 1.165) is 44.9 Å². The quantitative estimate of drug-likeness (QED) is 0.137. The standard InChI is InChI=1S/C24H47N3O4.ClH/c1-5-7-9-11-13-15-17-20(22(26)29)27-24(23(30)31-4,21(28)19(3)25)18-16-14-12-10-8-6-2;/h19-20,27H,5-18,25H2,1-4H3,(H2,26,29);1H/t19-,20?,24?;/m0./s1. The molecule has 0 aromatic carbocycles. The number of primary amides is 1. The van der Waals surface area contributed by atoms with Crippen LogP contribution in [0.5, 0.6) is 0 Å². The molecule has 190 valence electrons. The Bertz CT molecular complexity index is 531. The number of ketones is 1. The molecule has 0 aliphatic rings. The van der Waals surface area contributed by atoms with Crippen molar-refractivity contribution in [2.75, 3.05) is 7.11 Å². The van der Waals surface area contributed by atoms with E-state index in [0.29, 0.717) is 12.8 Å². The molecule has 0 fully saturated rings. The van der Waals surface area contributed by atoms with Crippen LogP contribution in [0.4, 0.5) is 0 Å². The molecule has 2 unspecified atom stereocenters. The van der Waals surface area contributed by atoms with Crippen molar-refractivity contribution in [1.29, 1.82) is 0 Å². The second-order valence-electron chi connectivity index (χ2n) is 8.72. The number of carbonyl (C=O) groups excluding carboxylic acids is 3. The number of amides is 1. The first-order valence-corrected chi connectivity index (χ1v) is 12.2. The lowest BCUT2D eigenvalue weighted by Crippen LogP contribution is -2.66. The number of Topliss-reactive ketones (excluding diaryl/α,β-unsaturated/α-hetero) is 1. The number of nitrogens with one attached hydrogen (secondary N) is 1. The summed E-state index contributed by atoms with van der Waals surface area (Å²) in [6.45, 7) is 5.87. The third kappa shape index (κ3) is 12.2. The van der Waals surface area contributed by atoms with Crippen LogP contribution in [0, 0.1) is 0 Å². The predicted octanol–water partition coefficient (Wildman–Crippen LogP) is 4.18. The minimum Gasteiger partial charge on any atom is -0.467 e. The Labute approximate surface area is 201 Å². The highest BCUT2D eigenvalue weighted by Gasteiger charge is 2.49. The molecule has 7 nitrogen and oxygen atoms in total. The maximum atomic E-state index is 13.1. The van der Waals surface area contributed by atoms with Crippen molar-refractivity contribution in [3.05, 3.63) is 0 Å². The van der Waals surface area contributed by atoms with E-state index < -0.39 is 35.3 Å². The summed E-state index contributed by atoms with van der Waals surface area (Å²) in [5.41, 5.74) is 9.89. The van der Waals surface area contributed by atoms with Crippen LogP contribution >= 0.6 is 12.4 Å². The molecule has 0 saturated heterocycles. The summed E-state index contributed by atoms with van der Waals surface area (Å²) in [4.78, 5) is 38.1. The van der Waals surface area contributed by atoms with Crippen molar-refractivity contribution in [3.8, 4) is 0 Å². The Kier molecular flexibility index (Phi) is 19.9. The zero-order valence-electron chi connectivity index (χ0n) is 20.8. The van der Waals surface area contributed by atoms with Gasteiger partial charge in [-0.3, -0.25) is 14.9 Å². The molecule has 0 bridgehead atoms. The highest BCUT2D eigenvalue weighted by Crippen LogP contribution is 2.23. The largest absolute Gasteiger partial charge is 0.467 e. The summed E-state index contributed by atoms with van der Waals surface area (Å²) in [5, 5.41) is 3.02. The van der Waals surface area contributed by atoms with Crippen LogP contribution in [-0.2, 0) is 19.1 Å². The van der Waals surface area contributed by atoms with Crippen molar-refractivity contribution in [1.82, 2.24) is 5.32 Å². The van der Waals surface area contributed by atoms with E-state index in [2.05, 4.69) is 19.2 Å². The van der Waals surface area contributed by atoms with Gasteiger partial charge in [-0.2, -0.15) is 0 Å². The molecule has 0 heterocycles. The minimum atomic E-state index is -1.64. The van der Waals surface area contributed by atoms with Crippen LogP contribution in [0.15, 0.2) is 0 Å². The lowest BCUT2D eigenvalue weighted by atomic mass is 9.83. The number of nitrogens with two attached hydrogens (primary N) is 2. The van der Waals surface area contributed by atoms with Gasteiger partial charge in [-0.15, -0.1) is 12.4 Å². The Morgan fingerprint density at radius 2 is 1.34 bits per heavy atom. The molecule has 0 radical (unpaired) electrons. The van der Waals surface area contributed by atoms with Gasteiger partial charge in [-0.25, -0.2) is 4.79 Å². The monoisotopic (exact) mass is 477 g/mol. The van der Waals surface area contributed by atoms with Crippen LogP contribution in [0.1, 0.15) is 111 Å². The number of esters is 1. The topological polar surface area (TPSA) is 125 Å². The summed E-state index contributed by atoms with van der Waals surface area (Å²) < 4.78 is 5.00. The summed E-state index contributed by atoms with van der Waals surface area (Å²) in [5.74, 6) is -1.72. The molecule has 0 spiro atoms. The van der Waals surface area contributed by atoms with Crippen LogP contribution in [-0.4, -0.2) is 42.4 Å². The van der Waals surface area contributed by atoms with Gasteiger partial charge in [0.25, 0.3) is 0 Å². The van der Waals surface area contributed by atoms with Crippen LogP contribution in [0.3, 0.4) is 0 Å². The Balaban J connectivity index is 0. The van der Waals surface area contributed by atoms with Gasteiger partial charge in [0.1, 0.15) is 0 Å². The zero-order chi connectivity index (χ0) is 23.7. The van der Waals surface area contributed by atoms with Crippen molar-refractivity contribution >= 4 is 30.1 Å². The molecule has 32 heavy (non-hydrogen) atoms. The maximum absolute atomic E-state index is 13.1. The molecule has 0 saturated carbocycles. The summed E-state index contributed by atoms with van der Waals surface area (Å²) in [6.07, 6.45) is 13.2. The Morgan fingerprint density at radius 3 is 1.78 bits per heavy atom. The smallest absolute Gasteiger partial charge is 0.333 e. The van der Waals surface area contributed by atoms with E-state index >= 15 is 0 Å². The number of hydrogen-bond donors (Lipinski definition) is 3. The molecule has 0 rings (SSSR count). The van der Waals surface area contributed by atoms with Gasteiger partial charge < -0.3 is 16.2 Å². The van der Waals surface area contributed by atoms with Gasteiger partial charge in [0.15, 0.2) is 11.3 Å². The molecular weight excluding hydrogens is 430 g/mol. The van der Waals surface area contributed by atoms with Gasteiger partial charge >= 0.3 is 5.97 Å². The molecule has 0 aliphatic heterocycles. The second-order valence-corrected chi connectivity index (χ2v) is 8.72. The van der Waals surface area contributed by atoms with E-state index in [9.17, 15) is 14.4 Å². The molecule has 1 amide bonds. The first kappa shape index (κ1) is 33.0. The van der Waals surface area contributed by atoms with Crippen LogP contribution in [0.2, 0.25) is 0 Å². The fraction of sp³-hybridized carbons (Fsp3) is 0.875. The number of ether oxygens (including phenoxy) is 1. The third-order valence-electron chi connectivity index (χ3n) is 5.88. The van der Waals surface area contributed by atoms with Gasteiger partial charge in [-0.05, 0) is 19.8 Å². The zero-order valence-corrected chi connectivity index (χ0v) is 21.6. The average molecular weight is 478 g/mol. The van der Waals surface area contributed by atoms with Crippen molar-refractivity contribution in [2.24, 2.45) is 11.5 Å². The number of methoxy groups -OCH3 is 1. The fourth-order valence-electron chi connectivity index (χ4n) is 3.97.